The van der Waals surface area contributed by atoms with Crippen LogP contribution in [-0.2, 0) is 11.2 Å². The predicted octanol–water partition coefficient (Wildman–Crippen LogP) is 4.03. The maximum atomic E-state index is 9.13. The van der Waals surface area contributed by atoms with Crippen LogP contribution in [0.2, 0.25) is 5.02 Å². The molecular weight excluding hydrogens is 308 g/mol. The maximum absolute atomic E-state index is 9.13. The number of fused-ring (bicyclic) bond motifs is 1. The molecule has 0 radical (unpaired) electrons. The Bertz CT molecular complexity index is 583. The Kier molecular flexibility index (Phi) is 5.58. The number of nitriles is 1. The number of benzene rings is 1. The summed E-state index contributed by atoms with van der Waals surface area (Å²) in [6, 6.07) is 9.24. The van der Waals surface area contributed by atoms with Gasteiger partial charge in [0.1, 0.15) is 0 Å². The van der Waals surface area contributed by atoms with Gasteiger partial charge in [0.05, 0.1) is 18.2 Å². The first-order valence-electron chi connectivity index (χ1n) is 8.72. The predicted molar refractivity (Wildman–Crippen MR) is 92.6 cm³/mol. The van der Waals surface area contributed by atoms with Crippen molar-refractivity contribution in [2.24, 2.45) is 5.92 Å². The van der Waals surface area contributed by atoms with Crippen molar-refractivity contribution in [3.63, 3.8) is 0 Å². The molecule has 0 amide bonds. The molecule has 2 aliphatic rings. The minimum atomic E-state index is 0.574. The van der Waals surface area contributed by atoms with Crippen LogP contribution in [0.25, 0.3) is 0 Å². The smallest absolute Gasteiger partial charge is 0.0992 e. The van der Waals surface area contributed by atoms with Gasteiger partial charge in [0.2, 0.25) is 0 Å². The number of piperidine rings is 1. The Hall–Kier alpha value is -1.08. The summed E-state index contributed by atoms with van der Waals surface area (Å²) >= 11 is 6.16. The molecule has 1 aromatic carbocycles. The van der Waals surface area contributed by atoms with E-state index in [4.69, 9.17) is 21.6 Å². The Balaban J connectivity index is 1.68. The lowest BCUT2D eigenvalue weighted by atomic mass is 9.91. The van der Waals surface area contributed by atoms with Gasteiger partial charge in [-0.25, -0.2) is 0 Å². The summed E-state index contributed by atoms with van der Waals surface area (Å²) in [5.74, 6) is 0.676. The van der Waals surface area contributed by atoms with Crippen LogP contribution in [0.1, 0.15) is 43.7 Å². The summed E-state index contributed by atoms with van der Waals surface area (Å²) in [5, 5.41) is 9.80. The number of nitrogens with zero attached hydrogens (tertiary/aromatic N) is 2. The van der Waals surface area contributed by atoms with Crippen LogP contribution in [-0.4, -0.2) is 36.7 Å². The van der Waals surface area contributed by atoms with Gasteiger partial charge in [-0.1, -0.05) is 18.0 Å². The van der Waals surface area contributed by atoms with Crippen LogP contribution < -0.4 is 0 Å². The van der Waals surface area contributed by atoms with E-state index in [1.54, 1.807) is 6.07 Å². The summed E-state index contributed by atoms with van der Waals surface area (Å²) in [4.78, 5) is 2.69. The van der Waals surface area contributed by atoms with Crippen molar-refractivity contribution in [2.45, 2.75) is 51.1 Å². The molecule has 3 rings (SSSR count). The van der Waals surface area contributed by atoms with Crippen molar-refractivity contribution in [3.8, 4) is 6.07 Å². The molecule has 2 fully saturated rings. The average Bonchev–Trinajstić information content (AvgIpc) is 2.96. The Morgan fingerprint density at radius 3 is 3.00 bits per heavy atom. The average molecular weight is 333 g/mol. The number of halogens is 1. The molecule has 0 spiro atoms. The van der Waals surface area contributed by atoms with Gasteiger partial charge >= 0.3 is 0 Å². The largest absolute Gasteiger partial charge is 0.381 e. The highest BCUT2D eigenvalue weighted by Gasteiger charge is 2.38. The zero-order chi connectivity index (χ0) is 16.2. The van der Waals surface area contributed by atoms with Crippen molar-refractivity contribution in [2.75, 3.05) is 19.8 Å². The first-order valence-corrected chi connectivity index (χ1v) is 9.10. The van der Waals surface area contributed by atoms with E-state index >= 15 is 0 Å². The third-order valence-electron chi connectivity index (χ3n) is 5.20. The summed E-state index contributed by atoms with van der Waals surface area (Å²) in [7, 11) is 0. The normalized spacial score (nSPS) is 27.6. The van der Waals surface area contributed by atoms with Gasteiger partial charge in [-0.2, -0.15) is 5.26 Å². The summed E-state index contributed by atoms with van der Waals surface area (Å²) in [6.07, 6.45) is 6.13. The van der Waals surface area contributed by atoms with Crippen molar-refractivity contribution in [1.82, 2.24) is 4.90 Å². The molecule has 3 nitrogen and oxygen atoms in total. The van der Waals surface area contributed by atoms with Crippen LogP contribution >= 0.6 is 11.6 Å². The van der Waals surface area contributed by atoms with E-state index in [2.05, 4.69) is 17.9 Å². The lowest BCUT2D eigenvalue weighted by Crippen LogP contribution is -2.44. The lowest BCUT2D eigenvalue weighted by Gasteiger charge is -2.38. The third kappa shape index (κ3) is 4.07. The SMILES string of the molecule is CCOCC1CC2CCCC(Cc3cc(Cl)cc(C#N)c3)N2C1. The van der Waals surface area contributed by atoms with Gasteiger partial charge in [-0.3, -0.25) is 4.90 Å². The van der Waals surface area contributed by atoms with Gasteiger partial charge in [0, 0.05) is 30.3 Å². The van der Waals surface area contributed by atoms with E-state index < -0.39 is 0 Å². The summed E-state index contributed by atoms with van der Waals surface area (Å²) in [5.41, 5.74) is 1.85. The van der Waals surface area contributed by atoms with Crippen molar-refractivity contribution < 1.29 is 4.74 Å². The second kappa shape index (κ2) is 7.66. The zero-order valence-corrected chi connectivity index (χ0v) is 14.6. The highest BCUT2D eigenvalue weighted by molar-refractivity contribution is 6.30. The molecule has 2 saturated heterocycles. The Morgan fingerprint density at radius 1 is 1.35 bits per heavy atom. The molecule has 0 aliphatic carbocycles. The first-order chi connectivity index (χ1) is 11.2. The number of rotatable bonds is 5. The fourth-order valence-corrected chi connectivity index (χ4v) is 4.51. The number of ether oxygens (including phenoxy) is 1. The number of hydrogen-bond donors (Lipinski definition) is 0. The van der Waals surface area contributed by atoms with Crippen LogP contribution in [0.3, 0.4) is 0 Å². The molecule has 23 heavy (non-hydrogen) atoms. The second-order valence-corrected chi connectivity index (χ2v) is 7.30. The zero-order valence-electron chi connectivity index (χ0n) is 13.8. The molecular formula is C19H25ClN2O. The first kappa shape index (κ1) is 16.8. The lowest BCUT2D eigenvalue weighted by molar-refractivity contribution is 0.0999. The molecule has 2 heterocycles. The monoisotopic (exact) mass is 332 g/mol. The molecule has 1 aromatic rings. The van der Waals surface area contributed by atoms with E-state index in [-0.39, 0.29) is 0 Å². The van der Waals surface area contributed by atoms with Gasteiger partial charge in [-0.05, 0) is 62.3 Å². The quantitative estimate of drug-likeness (QED) is 0.816. The van der Waals surface area contributed by atoms with Crippen molar-refractivity contribution in [1.29, 1.82) is 5.26 Å². The molecule has 3 atom stereocenters. The van der Waals surface area contributed by atoms with E-state index in [0.29, 0.717) is 28.6 Å². The van der Waals surface area contributed by atoms with E-state index in [1.165, 1.54) is 31.2 Å². The van der Waals surface area contributed by atoms with Crippen LogP contribution in [0, 0.1) is 17.2 Å². The maximum Gasteiger partial charge on any atom is 0.0992 e. The van der Waals surface area contributed by atoms with Crippen LogP contribution in [0.5, 0.6) is 0 Å². The van der Waals surface area contributed by atoms with Crippen LogP contribution in [0.4, 0.5) is 0 Å². The minimum absolute atomic E-state index is 0.574. The fourth-order valence-electron chi connectivity index (χ4n) is 4.26. The molecule has 0 bridgehead atoms. The number of hydrogen-bond acceptors (Lipinski definition) is 3. The second-order valence-electron chi connectivity index (χ2n) is 6.86. The molecule has 0 saturated carbocycles. The van der Waals surface area contributed by atoms with Crippen molar-refractivity contribution in [3.05, 3.63) is 34.3 Å². The summed E-state index contributed by atoms with van der Waals surface area (Å²) in [6.45, 7) is 4.92. The third-order valence-corrected chi connectivity index (χ3v) is 5.42. The Labute approximate surface area is 144 Å². The van der Waals surface area contributed by atoms with Crippen molar-refractivity contribution >= 4 is 11.6 Å². The van der Waals surface area contributed by atoms with Crippen LogP contribution in [0.15, 0.2) is 18.2 Å². The molecule has 4 heteroatoms. The highest BCUT2D eigenvalue weighted by atomic mass is 35.5. The van der Waals surface area contributed by atoms with Gasteiger partial charge in [0.15, 0.2) is 0 Å². The molecule has 0 aromatic heterocycles. The molecule has 2 aliphatic heterocycles. The minimum Gasteiger partial charge on any atom is -0.381 e. The van der Waals surface area contributed by atoms with E-state index in [1.807, 2.05) is 12.1 Å². The fraction of sp³-hybridized carbons (Fsp3) is 0.632. The standard InChI is InChI=1S/C19H25ClN2O/c1-2-23-13-16-10-19-5-3-4-18(22(19)12-16)9-14-6-15(11-21)8-17(20)7-14/h6-8,16,18-19H,2-5,9-10,12-13H2,1H3. The molecule has 124 valence electrons. The topological polar surface area (TPSA) is 36.3 Å². The summed E-state index contributed by atoms with van der Waals surface area (Å²) < 4.78 is 5.64. The van der Waals surface area contributed by atoms with Gasteiger partial charge in [0.25, 0.3) is 0 Å². The Morgan fingerprint density at radius 2 is 2.22 bits per heavy atom. The van der Waals surface area contributed by atoms with E-state index in [9.17, 15) is 0 Å². The van der Waals surface area contributed by atoms with Gasteiger partial charge in [-0.15, -0.1) is 0 Å². The highest BCUT2D eigenvalue weighted by Crippen LogP contribution is 2.35. The molecule has 3 unspecified atom stereocenters. The van der Waals surface area contributed by atoms with Gasteiger partial charge < -0.3 is 4.74 Å². The van der Waals surface area contributed by atoms with E-state index in [0.717, 1.165) is 26.2 Å². The molecule has 0 N–H and O–H groups in total.